The van der Waals surface area contributed by atoms with Crippen molar-refractivity contribution in [3.63, 3.8) is 0 Å². The maximum absolute atomic E-state index is 10.0. The molecule has 0 amide bonds. The molecule has 0 aliphatic heterocycles. The van der Waals surface area contributed by atoms with Gasteiger partial charge in [-0.05, 0) is 19.8 Å². The number of nitrogens with one attached hydrogen (secondary N) is 1. The van der Waals surface area contributed by atoms with Gasteiger partial charge in [-0.25, -0.2) is 9.97 Å². The lowest BCUT2D eigenvalue weighted by molar-refractivity contribution is 0.509. The molecule has 0 atom stereocenters. The van der Waals surface area contributed by atoms with Crippen LogP contribution in [0, 0.1) is 5.41 Å². The Kier molecular flexibility index (Phi) is 5.03. The van der Waals surface area contributed by atoms with Gasteiger partial charge >= 0.3 is 0 Å². The number of aliphatic hydroxyl groups is 1. The SMILES string of the molecule is CCN(C)c1ncc(/C(O)=C/C(C)=N)c(C(C)C)n1. The van der Waals surface area contributed by atoms with Gasteiger partial charge < -0.3 is 15.4 Å². The molecule has 5 nitrogen and oxygen atoms in total. The van der Waals surface area contributed by atoms with Gasteiger partial charge in [0.15, 0.2) is 0 Å². The Morgan fingerprint density at radius 2 is 2.16 bits per heavy atom. The van der Waals surface area contributed by atoms with Crippen LogP contribution in [0.1, 0.15) is 44.9 Å². The number of hydrogen-bond donors (Lipinski definition) is 2. The van der Waals surface area contributed by atoms with Crippen LogP contribution in [-0.2, 0) is 0 Å². The van der Waals surface area contributed by atoms with Gasteiger partial charge in [-0.2, -0.15) is 0 Å². The third-order valence-electron chi connectivity index (χ3n) is 2.80. The van der Waals surface area contributed by atoms with E-state index in [1.807, 2.05) is 32.7 Å². The predicted octanol–water partition coefficient (Wildman–Crippen LogP) is 2.99. The second-order valence-corrected chi connectivity index (χ2v) is 4.85. The van der Waals surface area contributed by atoms with Gasteiger partial charge in [0, 0.05) is 31.6 Å². The van der Waals surface area contributed by atoms with E-state index in [-0.39, 0.29) is 11.7 Å². The van der Waals surface area contributed by atoms with E-state index in [0.29, 0.717) is 17.2 Å². The summed E-state index contributed by atoms with van der Waals surface area (Å²) >= 11 is 0. The Morgan fingerprint density at radius 1 is 1.53 bits per heavy atom. The van der Waals surface area contributed by atoms with Crippen molar-refractivity contribution in [2.24, 2.45) is 0 Å². The van der Waals surface area contributed by atoms with Crippen molar-refractivity contribution in [2.75, 3.05) is 18.5 Å². The quantitative estimate of drug-likeness (QED) is 0.632. The van der Waals surface area contributed by atoms with E-state index in [2.05, 4.69) is 9.97 Å². The molecule has 1 aromatic rings. The fraction of sp³-hybridized carbons (Fsp3) is 0.500. The van der Waals surface area contributed by atoms with Crippen LogP contribution < -0.4 is 4.90 Å². The van der Waals surface area contributed by atoms with Crippen LogP contribution in [-0.4, -0.2) is 34.4 Å². The molecule has 0 bridgehead atoms. The van der Waals surface area contributed by atoms with Gasteiger partial charge in [0.05, 0.1) is 11.3 Å². The second kappa shape index (κ2) is 6.31. The van der Waals surface area contributed by atoms with Crippen LogP contribution in [0.5, 0.6) is 0 Å². The zero-order valence-corrected chi connectivity index (χ0v) is 12.2. The van der Waals surface area contributed by atoms with E-state index < -0.39 is 0 Å². The molecule has 0 radical (unpaired) electrons. The van der Waals surface area contributed by atoms with Crippen LogP contribution in [0.25, 0.3) is 5.76 Å². The third-order valence-corrected chi connectivity index (χ3v) is 2.80. The molecule has 2 N–H and O–H groups in total. The molecule has 1 rings (SSSR count). The summed E-state index contributed by atoms with van der Waals surface area (Å²) in [4.78, 5) is 10.7. The number of nitrogens with zero attached hydrogens (tertiary/aromatic N) is 3. The molecule has 1 heterocycles. The molecule has 0 saturated carbocycles. The highest BCUT2D eigenvalue weighted by molar-refractivity contribution is 5.95. The maximum Gasteiger partial charge on any atom is 0.225 e. The number of anilines is 1. The van der Waals surface area contributed by atoms with E-state index in [0.717, 1.165) is 12.2 Å². The summed E-state index contributed by atoms with van der Waals surface area (Å²) in [5.74, 6) is 0.861. The zero-order valence-electron chi connectivity index (χ0n) is 12.2. The Balaban J connectivity index is 3.30. The molecule has 0 aliphatic rings. The largest absolute Gasteiger partial charge is 0.507 e. The smallest absolute Gasteiger partial charge is 0.225 e. The lowest BCUT2D eigenvalue weighted by Crippen LogP contribution is -2.20. The van der Waals surface area contributed by atoms with Crippen molar-refractivity contribution in [3.05, 3.63) is 23.5 Å². The first-order valence-corrected chi connectivity index (χ1v) is 6.41. The van der Waals surface area contributed by atoms with Gasteiger partial charge in [-0.1, -0.05) is 13.8 Å². The van der Waals surface area contributed by atoms with E-state index in [1.165, 1.54) is 6.08 Å². The first-order valence-electron chi connectivity index (χ1n) is 6.41. The molecule has 0 saturated heterocycles. The van der Waals surface area contributed by atoms with Crippen molar-refractivity contribution in [2.45, 2.75) is 33.6 Å². The van der Waals surface area contributed by atoms with Gasteiger partial charge in [-0.3, -0.25) is 0 Å². The highest BCUT2D eigenvalue weighted by Gasteiger charge is 2.15. The van der Waals surface area contributed by atoms with E-state index >= 15 is 0 Å². The minimum atomic E-state index is 0.0434. The number of aromatic nitrogens is 2. The first-order chi connectivity index (χ1) is 8.86. The fourth-order valence-corrected chi connectivity index (χ4v) is 1.63. The van der Waals surface area contributed by atoms with Gasteiger partial charge in [0.1, 0.15) is 5.76 Å². The lowest BCUT2D eigenvalue weighted by Gasteiger charge is -2.18. The monoisotopic (exact) mass is 262 g/mol. The van der Waals surface area contributed by atoms with Crippen LogP contribution in [0.2, 0.25) is 0 Å². The fourth-order valence-electron chi connectivity index (χ4n) is 1.63. The standard InChI is InChI=1S/C14H22N4O/c1-6-18(5)14-16-8-11(12(19)7-10(4)15)13(17-14)9(2)3/h7-9,15,19H,6H2,1-5H3/b12-7-,15-10?. The third kappa shape index (κ3) is 3.77. The van der Waals surface area contributed by atoms with Crippen LogP contribution in [0.4, 0.5) is 5.95 Å². The number of hydrogen-bond acceptors (Lipinski definition) is 5. The van der Waals surface area contributed by atoms with Crippen molar-refractivity contribution in [3.8, 4) is 0 Å². The summed E-state index contributed by atoms with van der Waals surface area (Å²) in [6, 6.07) is 0. The predicted molar refractivity (Wildman–Crippen MR) is 79.1 cm³/mol. The van der Waals surface area contributed by atoms with Gasteiger partial charge in [0.2, 0.25) is 5.95 Å². The Bertz CT molecular complexity index is 494. The normalized spacial score (nSPS) is 11.8. The first kappa shape index (κ1) is 15.1. The van der Waals surface area contributed by atoms with Crippen molar-refractivity contribution >= 4 is 17.4 Å². The molecule has 1 aromatic heterocycles. The van der Waals surface area contributed by atoms with E-state index in [1.54, 1.807) is 13.1 Å². The molecule has 19 heavy (non-hydrogen) atoms. The Labute approximate surface area is 114 Å². The molecule has 0 unspecified atom stereocenters. The summed E-state index contributed by atoms with van der Waals surface area (Å²) in [7, 11) is 1.93. The molecular formula is C14H22N4O. The van der Waals surface area contributed by atoms with Gasteiger partial charge in [0.25, 0.3) is 0 Å². The highest BCUT2D eigenvalue weighted by atomic mass is 16.3. The topological polar surface area (TPSA) is 73.1 Å². The van der Waals surface area contributed by atoms with Crippen LogP contribution in [0.15, 0.2) is 12.3 Å². The molecule has 0 aromatic carbocycles. The molecule has 0 spiro atoms. The Morgan fingerprint density at radius 3 is 2.63 bits per heavy atom. The average molecular weight is 262 g/mol. The van der Waals surface area contributed by atoms with Crippen LogP contribution >= 0.6 is 0 Å². The maximum atomic E-state index is 10.0. The number of allylic oxidation sites excluding steroid dienone is 1. The summed E-state index contributed by atoms with van der Waals surface area (Å²) < 4.78 is 0. The van der Waals surface area contributed by atoms with E-state index in [4.69, 9.17) is 5.41 Å². The molecule has 0 fully saturated rings. The van der Waals surface area contributed by atoms with Crippen molar-refractivity contribution < 1.29 is 5.11 Å². The van der Waals surface area contributed by atoms with Gasteiger partial charge in [-0.15, -0.1) is 0 Å². The summed E-state index contributed by atoms with van der Waals surface area (Å²) in [5, 5.41) is 17.4. The minimum Gasteiger partial charge on any atom is -0.507 e. The zero-order chi connectivity index (χ0) is 14.6. The molecule has 0 aliphatic carbocycles. The average Bonchev–Trinajstić information content (AvgIpc) is 2.36. The summed E-state index contributed by atoms with van der Waals surface area (Å²) in [6.07, 6.45) is 3.03. The molecule has 104 valence electrons. The summed E-state index contributed by atoms with van der Waals surface area (Å²) in [5.41, 5.74) is 1.68. The van der Waals surface area contributed by atoms with Crippen molar-refractivity contribution in [1.29, 1.82) is 5.41 Å². The minimum absolute atomic E-state index is 0.0434. The number of rotatable bonds is 5. The highest BCUT2D eigenvalue weighted by Crippen LogP contribution is 2.24. The lowest BCUT2D eigenvalue weighted by atomic mass is 10.0. The van der Waals surface area contributed by atoms with Crippen LogP contribution in [0.3, 0.4) is 0 Å². The Hall–Kier alpha value is -1.91. The molecular weight excluding hydrogens is 240 g/mol. The summed E-state index contributed by atoms with van der Waals surface area (Å²) in [6.45, 7) is 8.50. The second-order valence-electron chi connectivity index (χ2n) is 4.85. The molecule has 5 heteroatoms. The van der Waals surface area contributed by atoms with E-state index in [9.17, 15) is 5.11 Å². The number of aliphatic hydroxyl groups excluding tert-OH is 1. The van der Waals surface area contributed by atoms with Crippen molar-refractivity contribution in [1.82, 2.24) is 9.97 Å².